The first-order chi connectivity index (χ1) is 7.18. The van der Waals surface area contributed by atoms with Crippen molar-refractivity contribution in [2.24, 2.45) is 7.05 Å². The Morgan fingerprint density at radius 2 is 2.47 bits per heavy atom. The van der Waals surface area contributed by atoms with Gasteiger partial charge < -0.3 is 14.8 Å². The highest BCUT2D eigenvalue weighted by Crippen LogP contribution is 2.05. The molecule has 1 amide bonds. The smallest absolute Gasteiger partial charge is 0.289 e. The molecular formula is C10H16N4O. The number of amides is 1. The molecule has 1 N–H and O–H groups in total. The highest BCUT2D eigenvalue weighted by Gasteiger charge is 2.23. The summed E-state index contributed by atoms with van der Waals surface area (Å²) in [6.07, 6.45) is 3.44. The Kier molecular flexibility index (Phi) is 2.73. The van der Waals surface area contributed by atoms with Crippen molar-refractivity contribution in [2.45, 2.75) is 13.0 Å². The molecule has 82 valence electrons. The van der Waals surface area contributed by atoms with Gasteiger partial charge in [-0.05, 0) is 6.92 Å². The van der Waals surface area contributed by atoms with Gasteiger partial charge in [-0.25, -0.2) is 4.98 Å². The highest BCUT2D eigenvalue weighted by molar-refractivity contribution is 5.90. The van der Waals surface area contributed by atoms with Crippen LogP contribution in [0.2, 0.25) is 0 Å². The molecule has 2 heterocycles. The lowest BCUT2D eigenvalue weighted by molar-refractivity contribution is 0.0693. The summed E-state index contributed by atoms with van der Waals surface area (Å²) in [5, 5.41) is 3.31. The third-order valence-electron chi connectivity index (χ3n) is 2.67. The standard InChI is InChI=1S/C10H16N4O/c1-8-7-14(6-4-11-8)10(15)9-12-3-5-13(9)2/h3,5,8,11H,4,6-7H2,1-2H3/t8-/m0/s1. The number of nitrogens with zero attached hydrogens (tertiary/aromatic N) is 3. The first kappa shape index (κ1) is 10.2. The van der Waals surface area contributed by atoms with E-state index >= 15 is 0 Å². The van der Waals surface area contributed by atoms with Gasteiger partial charge in [-0.3, -0.25) is 4.79 Å². The lowest BCUT2D eigenvalue weighted by atomic mass is 10.2. The van der Waals surface area contributed by atoms with Gasteiger partial charge in [-0.2, -0.15) is 0 Å². The van der Waals surface area contributed by atoms with E-state index in [9.17, 15) is 4.79 Å². The molecule has 0 unspecified atom stereocenters. The molecule has 0 aliphatic carbocycles. The van der Waals surface area contributed by atoms with E-state index < -0.39 is 0 Å². The number of aromatic nitrogens is 2. The van der Waals surface area contributed by atoms with Crippen LogP contribution in [0.25, 0.3) is 0 Å². The average Bonchev–Trinajstić information content (AvgIpc) is 2.63. The fourth-order valence-corrected chi connectivity index (χ4v) is 1.83. The summed E-state index contributed by atoms with van der Waals surface area (Å²) in [7, 11) is 1.84. The lowest BCUT2D eigenvalue weighted by Gasteiger charge is -2.31. The molecule has 1 fully saturated rings. The van der Waals surface area contributed by atoms with E-state index in [1.54, 1.807) is 17.0 Å². The van der Waals surface area contributed by atoms with Crippen molar-refractivity contribution in [1.29, 1.82) is 0 Å². The number of piperazine rings is 1. The van der Waals surface area contributed by atoms with E-state index in [1.807, 2.05) is 11.9 Å². The quantitative estimate of drug-likeness (QED) is 0.698. The largest absolute Gasteiger partial charge is 0.333 e. The molecule has 1 aromatic heterocycles. The summed E-state index contributed by atoms with van der Waals surface area (Å²) in [6, 6.07) is 0.364. The van der Waals surface area contributed by atoms with Crippen molar-refractivity contribution in [2.75, 3.05) is 19.6 Å². The van der Waals surface area contributed by atoms with E-state index in [0.717, 1.165) is 19.6 Å². The summed E-state index contributed by atoms with van der Waals surface area (Å²) in [6.45, 7) is 4.46. The number of carbonyl (C=O) groups excluding carboxylic acids is 1. The summed E-state index contributed by atoms with van der Waals surface area (Å²) < 4.78 is 1.76. The highest BCUT2D eigenvalue weighted by atomic mass is 16.2. The van der Waals surface area contributed by atoms with Crippen LogP contribution < -0.4 is 5.32 Å². The maximum Gasteiger partial charge on any atom is 0.289 e. The molecule has 1 aromatic rings. The molecule has 0 saturated carbocycles. The number of rotatable bonds is 1. The number of aryl methyl sites for hydroxylation is 1. The van der Waals surface area contributed by atoms with Crippen LogP contribution in [-0.2, 0) is 7.05 Å². The van der Waals surface area contributed by atoms with E-state index in [0.29, 0.717) is 11.9 Å². The monoisotopic (exact) mass is 208 g/mol. The second-order valence-electron chi connectivity index (χ2n) is 3.97. The van der Waals surface area contributed by atoms with E-state index in [2.05, 4.69) is 17.2 Å². The van der Waals surface area contributed by atoms with Crippen molar-refractivity contribution in [3.8, 4) is 0 Å². The third kappa shape index (κ3) is 2.02. The van der Waals surface area contributed by atoms with E-state index in [1.165, 1.54) is 0 Å². The maximum atomic E-state index is 12.0. The molecular weight excluding hydrogens is 192 g/mol. The molecule has 2 rings (SSSR count). The maximum absolute atomic E-state index is 12.0. The van der Waals surface area contributed by atoms with Crippen LogP contribution in [-0.4, -0.2) is 46.0 Å². The van der Waals surface area contributed by atoms with Crippen LogP contribution in [0.1, 0.15) is 17.5 Å². The van der Waals surface area contributed by atoms with Gasteiger partial charge in [-0.15, -0.1) is 0 Å². The number of hydrogen-bond donors (Lipinski definition) is 1. The van der Waals surface area contributed by atoms with Crippen LogP contribution in [0.15, 0.2) is 12.4 Å². The Morgan fingerprint density at radius 1 is 1.67 bits per heavy atom. The number of carbonyl (C=O) groups is 1. The predicted molar refractivity (Wildman–Crippen MR) is 56.6 cm³/mol. The van der Waals surface area contributed by atoms with Crippen molar-refractivity contribution in [1.82, 2.24) is 19.8 Å². The molecule has 15 heavy (non-hydrogen) atoms. The summed E-state index contributed by atoms with van der Waals surface area (Å²) in [5.74, 6) is 0.542. The van der Waals surface area contributed by atoms with Crippen LogP contribution in [0, 0.1) is 0 Å². The molecule has 0 aromatic carbocycles. The fourth-order valence-electron chi connectivity index (χ4n) is 1.83. The topological polar surface area (TPSA) is 50.2 Å². The van der Waals surface area contributed by atoms with Crippen LogP contribution >= 0.6 is 0 Å². The van der Waals surface area contributed by atoms with Gasteiger partial charge >= 0.3 is 0 Å². The molecule has 0 spiro atoms. The fraction of sp³-hybridized carbons (Fsp3) is 0.600. The van der Waals surface area contributed by atoms with Gasteiger partial charge in [0.05, 0.1) is 0 Å². The average molecular weight is 208 g/mol. The van der Waals surface area contributed by atoms with Crippen molar-refractivity contribution >= 4 is 5.91 Å². The minimum Gasteiger partial charge on any atom is -0.333 e. The molecule has 0 radical (unpaired) electrons. The van der Waals surface area contributed by atoms with E-state index in [-0.39, 0.29) is 5.91 Å². The minimum absolute atomic E-state index is 0.0239. The predicted octanol–water partition coefficient (Wildman–Crippen LogP) is -0.146. The zero-order chi connectivity index (χ0) is 10.8. The van der Waals surface area contributed by atoms with Crippen molar-refractivity contribution in [3.63, 3.8) is 0 Å². The van der Waals surface area contributed by atoms with E-state index in [4.69, 9.17) is 0 Å². The second-order valence-corrected chi connectivity index (χ2v) is 3.97. The van der Waals surface area contributed by atoms with Crippen LogP contribution in [0.4, 0.5) is 0 Å². The Morgan fingerprint density at radius 3 is 3.07 bits per heavy atom. The molecule has 0 bridgehead atoms. The van der Waals surface area contributed by atoms with Crippen molar-refractivity contribution in [3.05, 3.63) is 18.2 Å². The first-order valence-electron chi connectivity index (χ1n) is 5.18. The number of nitrogens with one attached hydrogen (secondary N) is 1. The van der Waals surface area contributed by atoms with Gasteiger partial charge in [0.25, 0.3) is 5.91 Å². The first-order valence-corrected chi connectivity index (χ1v) is 5.18. The lowest BCUT2D eigenvalue weighted by Crippen LogP contribution is -2.51. The molecule has 5 heteroatoms. The van der Waals surface area contributed by atoms with Gasteiger partial charge in [0.1, 0.15) is 0 Å². The zero-order valence-electron chi connectivity index (χ0n) is 9.10. The molecule has 5 nitrogen and oxygen atoms in total. The van der Waals surface area contributed by atoms with Gasteiger partial charge in [0.15, 0.2) is 5.82 Å². The Hall–Kier alpha value is -1.36. The Labute approximate surface area is 89.1 Å². The third-order valence-corrected chi connectivity index (χ3v) is 2.67. The molecule has 1 aliphatic rings. The zero-order valence-corrected chi connectivity index (χ0v) is 9.10. The van der Waals surface area contributed by atoms with Gasteiger partial charge in [0.2, 0.25) is 0 Å². The Bertz CT molecular complexity index is 360. The van der Waals surface area contributed by atoms with Gasteiger partial charge in [0, 0.05) is 45.1 Å². The number of imidazole rings is 1. The minimum atomic E-state index is 0.0239. The SMILES string of the molecule is C[C@H]1CN(C(=O)c2nccn2C)CCN1. The molecule has 1 saturated heterocycles. The number of hydrogen-bond acceptors (Lipinski definition) is 3. The Balaban J connectivity index is 2.11. The van der Waals surface area contributed by atoms with Crippen molar-refractivity contribution < 1.29 is 4.79 Å². The molecule has 1 atom stereocenters. The second kappa shape index (κ2) is 4.02. The summed E-state index contributed by atoms with van der Waals surface area (Å²) >= 11 is 0. The molecule has 1 aliphatic heterocycles. The summed E-state index contributed by atoms with van der Waals surface area (Å²) in [4.78, 5) is 18.0. The summed E-state index contributed by atoms with van der Waals surface area (Å²) in [5.41, 5.74) is 0. The van der Waals surface area contributed by atoms with Crippen LogP contribution in [0.3, 0.4) is 0 Å². The van der Waals surface area contributed by atoms with Gasteiger partial charge in [-0.1, -0.05) is 0 Å². The normalized spacial score (nSPS) is 21.7. The van der Waals surface area contributed by atoms with Crippen LogP contribution in [0.5, 0.6) is 0 Å².